The van der Waals surface area contributed by atoms with Crippen LogP contribution >= 0.6 is 0 Å². The van der Waals surface area contributed by atoms with E-state index < -0.39 is 0 Å². The van der Waals surface area contributed by atoms with Gasteiger partial charge in [0.2, 0.25) is 0 Å². The number of nitrogens with one attached hydrogen (secondary N) is 1. The smallest absolute Gasteiger partial charge is 0.259 e. The molecule has 27 heavy (non-hydrogen) atoms. The lowest BCUT2D eigenvalue weighted by Crippen LogP contribution is -2.27. The molecule has 0 unspecified atom stereocenters. The van der Waals surface area contributed by atoms with Crippen molar-refractivity contribution in [2.24, 2.45) is 0 Å². The summed E-state index contributed by atoms with van der Waals surface area (Å²) in [7, 11) is 3.34. The average Bonchev–Trinajstić information content (AvgIpc) is 3.09. The van der Waals surface area contributed by atoms with E-state index in [1.807, 2.05) is 13.0 Å². The Balaban J connectivity index is 1.64. The van der Waals surface area contributed by atoms with Gasteiger partial charge in [-0.15, -0.1) is 5.10 Å². The van der Waals surface area contributed by atoms with Gasteiger partial charge in [0, 0.05) is 31.9 Å². The van der Waals surface area contributed by atoms with Crippen molar-refractivity contribution < 1.29 is 14.3 Å². The maximum atomic E-state index is 12.5. The van der Waals surface area contributed by atoms with Crippen molar-refractivity contribution >= 4 is 28.5 Å². The van der Waals surface area contributed by atoms with Gasteiger partial charge < -0.3 is 15.0 Å². The summed E-state index contributed by atoms with van der Waals surface area (Å²) in [4.78, 5) is 25.5. The molecule has 0 saturated heterocycles. The van der Waals surface area contributed by atoms with Crippen molar-refractivity contribution in [3.63, 3.8) is 0 Å². The second kappa shape index (κ2) is 7.86. The van der Waals surface area contributed by atoms with Crippen LogP contribution in [0.4, 0.5) is 5.69 Å². The maximum absolute atomic E-state index is 12.5. The van der Waals surface area contributed by atoms with Crippen LogP contribution in [0.2, 0.25) is 0 Å². The van der Waals surface area contributed by atoms with Gasteiger partial charge in [0.25, 0.3) is 11.8 Å². The molecule has 0 aliphatic carbocycles. The highest BCUT2D eigenvalue weighted by Crippen LogP contribution is 2.18. The van der Waals surface area contributed by atoms with Gasteiger partial charge in [-0.1, -0.05) is 5.21 Å². The molecule has 3 aromatic rings. The quantitative estimate of drug-likeness (QED) is 0.721. The van der Waals surface area contributed by atoms with Crippen LogP contribution in [-0.2, 0) is 11.3 Å². The molecule has 8 nitrogen and oxygen atoms in total. The molecule has 0 fully saturated rings. The summed E-state index contributed by atoms with van der Waals surface area (Å²) in [5.74, 6) is 0.197. The second-order valence-electron chi connectivity index (χ2n) is 6.16. The monoisotopic (exact) mass is 367 g/mol. The highest BCUT2D eigenvalue weighted by molar-refractivity contribution is 6.05. The summed E-state index contributed by atoms with van der Waals surface area (Å²) < 4.78 is 7.19. The molecule has 2 amide bonds. The summed E-state index contributed by atoms with van der Waals surface area (Å²) in [6.07, 6.45) is 0. The number of ether oxygens (including phenoxy) is 1. The van der Waals surface area contributed by atoms with Gasteiger partial charge in [-0.05, 0) is 49.4 Å². The van der Waals surface area contributed by atoms with Gasteiger partial charge in [0.15, 0.2) is 6.61 Å². The number of hydrogen-bond donors (Lipinski definition) is 1. The van der Waals surface area contributed by atoms with Gasteiger partial charge in [0.1, 0.15) is 11.3 Å². The lowest BCUT2D eigenvalue weighted by molar-refractivity contribution is -0.130. The fourth-order valence-corrected chi connectivity index (χ4v) is 2.46. The Morgan fingerprint density at radius 2 is 1.89 bits per heavy atom. The molecule has 140 valence electrons. The number of amides is 2. The number of aromatic nitrogens is 3. The first-order valence-electron chi connectivity index (χ1n) is 8.55. The Labute approximate surface area is 156 Å². The molecule has 1 aromatic heterocycles. The molecule has 0 spiro atoms. The van der Waals surface area contributed by atoms with Crippen LogP contribution in [-0.4, -0.2) is 52.4 Å². The van der Waals surface area contributed by atoms with Crippen LogP contribution in [0, 0.1) is 0 Å². The molecule has 0 bridgehead atoms. The molecular formula is C19H21N5O3. The van der Waals surface area contributed by atoms with Crippen LogP contribution < -0.4 is 10.1 Å². The summed E-state index contributed by atoms with van der Waals surface area (Å²) in [6, 6.07) is 12.2. The number of carbonyl (C=O) groups excluding carboxylic acids is 2. The SMILES string of the molecule is CCn1nnc2cc(C(=O)Nc3ccc(OCC(=O)N(C)C)cc3)ccc21. The fraction of sp³-hybridized carbons (Fsp3) is 0.263. The van der Waals surface area contributed by atoms with Gasteiger partial charge in [-0.2, -0.15) is 0 Å². The number of anilines is 1. The number of aryl methyl sites for hydroxylation is 1. The van der Waals surface area contributed by atoms with E-state index in [4.69, 9.17) is 4.74 Å². The predicted molar refractivity (Wildman–Crippen MR) is 102 cm³/mol. The van der Waals surface area contributed by atoms with E-state index in [0.29, 0.717) is 22.5 Å². The third kappa shape index (κ3) is 4.22. The number of benzene rings is 2. The zero-order valence-electron chi connectivity index (χ0n) is 15.5. The number of hydrogen-bond acceptors (Lipinski definition) is 5. The van der Waals surface area contributed by atoms with E-state index in [9.17, 15) is 9.59 Å². The van der Waals surface area contributed by atoms with Crippen LogP contribution in [0.3, 0.4) is 0 Å². The maximum Gasteiger partial charge on any atom is 0.259 e. The molecule has 0 aliphatic heterocycles. The molecular weight excluding hydrogens is 346 g/mol. The Hall–Kier alpha value is -3.42. The van der Waals surface area contributed by atoms with E-state index in [1.165, 1.54) is 4.90 Å². The Kier molecular flexibility index (Phi) is 5.35. The molecule has 0 atom stereocenters. The van der Waals surface area contributed by atoms with Gasteiger partial charge in [-0.3, -0.25) is 9.59 Å². The highest BCUT2D eigenvalue weighted by Gasteiger charge is 2.10. The van der Waals surface area contributed by atoms with Crippen molar-refractivity contribution in [2.45, 2.75) is 13.5 Å². The molecule has 3 rings (SSSR count). The molecule has 0 aliphatic rings. The first-order chi connectivity index (χ1) is 13.0. The van der Waals surface area contributed by atoms with Gasteiger partial charge >= 0.3 is 0 Å². The minimum absolute atomic E-state index is 0.0306. The van der Waals surface area contributed by atoms with Crippen LogP contribution in [0.1, 0.15) is 17.3 Å². The van der Waals surface area contributed by atoms with Crippen LogP contribution in [0.5, 0.6) is 5.75 Å². The Bertz CT molecular complexity index is 963. The van der Waals surface area contributed by atoms with Crippen molar-refractivity contribution in [2.75, 3.05) is 26.0 Å². The third-order valence-corrected chi connectivity index (χ3v) is 4.05. The lowest BCUT2D eigenvalue weighted by Gasteiger charge is -2.11. The summed E-state index contributed by atoms with van der Waals surface area (Å²) in [6.45, 7) is 2.67. The van der Waals surface area contributed by atoms with Crippen LogP contribution in [0.25, 0.3) is 11.0 Å². The van der Waals surface area contributed by atoms with Crippen molar-refractivity contribution in [1.29, 1.82) is 0 Å². The molecule has 1 N–H and O–H groups in total. The minimum Gasteiger partial charge on any atom is -0.484 e. The van der Waals surface area contributed by atoms with Gasteiger partial charge in [-0.25, -0.2) is 4.68 Å². The second-order valence-corrected chi connectivity index (χ2v) is 6.16. The standard InChI is InChI=1S/C19H21N5O3/c1-4-24-17-10-5-13(11-16(17)21-22-24)19(26)20-14-6-8-15(9-7-14)27-12-18(25)23(2)3/h5-11H,4,12H2,1-3H3,(H,20,26). The lowest BCUT2D eigenvalue weighted by atomic mass is 10.2. The molecule has 0 radical (unpaired) electrons. The van der Waals surface area contributed by atoms with E-state index in [1.54, 1.807) is 55.2 Å². The normalized spacial score (nSPS) is 10.6. The zero-order chi connectivity index (χ0) is 19.4. The van der Waals surface area contributed by atoms with E-state index in [2.05, 4.69) is 15.6 Å². The van der Waals surface area contributed by atoms with Crippen molar-refractivity contribution in [3.05, 3.63) is 48.0 Å². The number of fused-ring (bicyclic) bond motifs is 1. The predicted octanol–water partition coefficient (Wildman–Crippen LogP) is 2.17. The van der Waals surface area contributed by atoms with E-state index in [0.717, 1.165) is 12.1 Å². The number of carbonyl (C=O) groups is 2. The van der Waals surface area contributed by atoms with Crippen LogP contribution in [0.15, 0.2) is 42.5 Å². The third-order valence-electron chi connectivity index (χ3n) is 4.05. The molecule has 8 heteroatoms. The van der Waals surface area contributed by atoms with Gasteiger partial charge in [0.05, 0.1) is 5.52 Å². The summed E-state index contributed by atoms with van der Waals surface area (Å²) in [5, 5.41) is 11.0. The number of rotatable bonds is 6. The summed E-state index contributed by atoms with van der Waals surface area (Å²) >= 11 is 0. The first kappa shape index (κ1) is 18.4. The molecule has 2 aromatic carbocycles. The Morgan fingerprint density at radius 3 is 2.56 bits per heavy atom. The Morgan fingerprint density at radius 1 is 1.15 bits per heavy atom. The minimum atomic E-state index is -0.237. The molecule has 1 heterocycles. The highest BCUT2D eigenvalue weighted by atomic mass is 16.5. The topological polar surface area (TPSA) is 89.4 Å². The van der Waals surface area contributed by atoms with Crippen molar-refractivity contribution in [1.82, 2.24) is 19.9 Å². The number of likely N-dealkylation sites (N-methyl/N-ethyl adjacent to an activating group) is 1. The fourth-order valence-electron chi connectivity index (χ4n) is 2.46. The molecule has 0 saturated carbocycles. The van der Waals surface area contributed by atoms with E-state index >= 15 is 0 Å². The summed E-state index contributed by atoms with van der Waals surface area (Å²) in [5.41, 5.74) is 2.70. The zero-order valence-corrected chi connectivity index (χ0v) is 15.5. The first-order valence-corrected chi connectivity index (χ1v) is 8.55. The largest absolute Gasteiger partial charge is 0.484 e. The van der Waals surface area contributed by atoms with Crippen molar-refractivity contribution in [3.8, 4) is 5.75 Å². The van der Waals surface area contributed by atoms with E-state index in [-0.39, 0.29) is 18.4 Å². The number of nitrogens with zero attached hydrogens (tertiary/aromatic N) is 4. The average molecular weight is 367 g/mol.